The molecule has 0 spiro atoms. The van der Waals surface area contributed by atoms with Crippen molar-refractivity contribution < 1.29 is 62.8 Å². The standard InChI is InChI=1S/C26H23N5O13S2/c1-10(33)42-15-4-3-12(5-16(15)43-11(2)34)20(25(39)40)44-30-17(14-8-46-26(27)28-14)21(35)29-18-22(36)31-19(24(37)38)13(6-41-9-32)7-45-23(18)31/h3-5,8-9,18,20,23H,6-7H2,1-2H3,(H2,27,28)(H,29,35)(H,37,38)(H,39,40)/b30-17-/t18-,20?,23-/m1/s1. The van der Waals surface area contributed by atoms with E-state index < -0.39 is 58.9 Å². The molecule has 3 atom stereocenters. The number of nitrogens with zero attached hydrogens (tertiary/aromatic N) is 3. The Labute approximate surface area is 266 Å². The molecule has 0 aliphatic carbocycles. The van der Waals surface area contributed by atoms with Crippen molar-refractivity contribution in [2.24, 2.45) is 5.16 Å². The van der Waals surface area contributed by atoms with Crippen LogP contribution in [0.2, 0.25) is 0 Å². The summed E-state index contributed by atoms with van der Waals surface area (Å²) in [6.45, 7) is 1.98. The van der Waals surface area contributed by atoms with Crippen LogP contribution in [0.1, 0.15) is 31.2 Å². The van der Waals surface area contributed by atoms with Crippen LogP contribution in [0.3, 0.4) is 0 Å². The third-order valence-electron chi connectivity index (χ3n) is 6.09. The molecule has 2 aliphatic heterocycles. The van der Waals surface area contributed by atoms with E-state index in [0.717, 1.165) is 47.9 Å². The second kappa shape index (κ2) is 14.1. The van der Waals surface area contributed by atoms with Crippen LogP contribution in [-0.4, -0.2) is 91.7 Å². The number of hydrogen-bond donors (Lipinski definition) is 4. The molecule has 20 heteroatoms. The molecule has 0 bridgehead atoms. The smallest absolute Gasteiger partial charge is 0.352 e. The maximum Gasteiger partial charge on any atom is 0.352 e. The molecule has 0 radical (unpaired) electrons. The number of thioether (sulfide) groups is 1. The molecule has 1 unspecified atom stereocenters. The first kappa shape index (κ1) is 33.4. The third kappa shape index (κ3) is 7.24. The topological polar surface area (TPSA) is 263 Å². The fourth-order valence-electron chi connectivity index (χ4n) is 4.25. The molecule has 2 aliphatic rings. The van der Waals surface area contributed by atoms with Gasteiger partial charge in [-0.2, -0.15) is 0 Å². The number of rotatable bonds is 13. The van der Waals surface area contributed by atoms with Crippen molar-refractivity contribution >= 4 is 76.1 Å². The molecule has 46 heavy (non-hydrogen) atoms. The Hall–Kier alpha value is -5.50. The van der Waals surface area contributed by atoms with Gasteiger partial charge < -0.3 is 40.3 Å². The van der Waals surface area contributed by atoms with Crippen molar-refractivity contribution in [3.63, 3.8) is 0 Å². The second-order valence-electron chi connectivity index (χ2n) is 9.25. The first-order valence-electron chi connectivity index (χ1n) is 12.8. The van der Waals surface area contributed by atoms with Gasteiger partial charge in [-0.3, -0.25) is 28.9 Å². The first-order valence-corrected chi connectivity index (χ1v) is 14.7. The van der Waals surface area contributed by atoms with E-state index in [1.165, 1.54) is 17.5 Å². The fourth-order valence-corrected chi connectivity index (χ4v) is 6.13. The van der Waals surface area contributed by atoms with Gasteiger partial charge in [-0.25, -0.2) is 14.6 Å². The molecule has 242 valence electrons. The summed E-state index contributed by atoms with van der Waals surface area (Å²) in [5.74, 6) is -6.76. The second-order valence-corrected chi connectivity index (χ2v) is 11.2. The summed E-state index contributed by atoms with van der Waals surface area (Å²) in [7, 11) is 0. The molecule has 18 nitrogen and oxygen atoms in total. The van der Waals surface area contributed by atoms with E-state index in [4.69, 9.17) is 20.0 Å². The Morgan fingerprint density at radius 2 is 1.87 bits per heavy atom. The molecule has 5 N–H and O–H groups in total. The number of carbonyl (C=O) groups excluding carboxylic acids is 5. The summed E-state index contributed by atoms with van der Waals surface area (Å²) >= 11 is 2.04. The third-order valence-corrected chi connectivity index (χ3v) is 8.11. The van der Waals surface area contributed by atoms with E-state index in [2.05, 4.69) is 20.2 Å². The number of β-lactam (4-membered cyclic amide) rings is 1. The maximum atomic E-state index is 13.4. The summed E-state index contributed by atoms with van der Waals surface area (Å²) < 4.78 is 14.7. The lowest BCUT2D eigenvalue weighted by Gasteiger charge is -2.49. The van der Waals surface area contributed by atoms with Crippen molar-refractivity contribution in [2.75, 3.05) is 18.1 Å². The van der Waals surface area contributed by atoms with Crippen molar-refractivity contribution in [1.29, 1.82) is 0 Å². The van der Waals surface area contributed by atoms with E-state index in [1.54, 1.807) is 0 Å². The lowest BCUT2D eigenvalue weighted by Crippen LogP contribution is -2.71. The lowest BCUT2D eigenvalue weighted by molar-refractivity contribution is -0.151. The largest absolute Gasteiger partial charge is 0.478 e. The van der Waals surface area contributed by atoms with Crippen molar-refractivity contribution in [2.45, 2.75) is 31.4 Å². The van der Waals surface area contributed by atoms with E-state index in [0.29, 0.717) is 0 Å². The number of fused-ring (bicyclic) bond motifs is 1. The molecule has 1 fully saturated rings. The van der Waals surface area contributed by atoms with Crippen LogP contribution < -0.4 is 20.5 Å². The molecule has 3 heterocycles. The van der Waals surface area contributed by atoms with Gasteiger partial charge in [0.2, 0.25) is 6.10 Å². The van der Waals surface area contributed by atoms with Gasteiger partial charge in [0.05, 0.1) is 0 Å². The molecular formula is C26H23N5O13S2. The zero-order valence-corrected chi connectivity index (χ0v) is 25.3. The molecule has 0 saturated carbocycles. The van der Waals surface area contributed by atoms with Crippen molar-refractivity contribution in [1.82, 2.24) is 15.2 Å². The summed E-state index contributed by atoms with van der Waals surface area (Å²) in [6, 6.07) is 2.21. The normalized spacial score (nSPS) is 18.0. The number of aliphatic carboxylic acids is 2. The zero-order valence-electron chi connectivity index (χ0n) is 23.7. The van der Waals surface area contributed by atoms with Gasteiger partial charge in [0.1, 0.15) is 29.4 Å². The van der Waals surface area contributed by atoms with Crippen LogP contribution in [0, 0.1) is 0 Å². The van der Waals surface area contributed by atoms with Gasteiger partial charge in [0.25, 0.3) is 18.3 Å². The number of carboxylic acids is 2. The van der Waals surface area contributed by atoms with Crippen LogP contribution in [0.15, 0.2) is 40.0 Å². The van der Waals surface area contributed by atoms with Gasteiger partial charge in [-0.1, -0.05) is 11.2 Å². The number of benzene rings is 1. The number of hydrogen-bond acceptors (Lipinski definition) is 16. The molecule has 2 aromatic rings. The number of nitrogens with two attached hydrogens (primary N) is 1. The predicted molar refractivity (Wildman–Crippen MR) is 155 cm³/mol. The predicted octanol–water partition coefficient (Wildman–Crippen LogP) is 0.0341. The first-order chi connectivity index (χ1) is 21.8. The number of carboxylic acid groups (broad SMARTS) is 2. The Morgan fingerprint density at radius 3 is 2.46 bits per heavy atom. The number of nitrogens with one attached hydrogen (secondary N) is 1. The minimum atomic E-state index is -1.90. The number of nitrogen functional groups attached to an aromatic ring is 1. The molecular weight excluding hydrogens is 654 g/mol. The summed E-state index contributed by atoms with van der Waals surface area (Å²) in [5, 5.41) is 26.3. The summed E-state index contributed by atoms with van der Waals surface area (Å²) in [4.78, 5) is 94.3. The molecule has 1 aromatic carbocycles. The highest BCUT2D eigenvalue weighted by Crippen LogP contribution is 2.40. The van der Waals surface area contributed by atoms with Crippen molar-refractivity contribution in [3.8, 4) is 11.5 Å². The highest BCUT2D eigenvalue weighted by molar-refractivity contribution is 8.00. The highest BCUT2D eigenvalue weighted by Gasteiger charge is 2.54. The van der Waals surface area contributed by atoms with Gasteiger partial charge >= 0.3 is 23.9 Å². The maximum absolute atomic E-state index is 13.4. The van der Waals surface area contributed by atoms with Crippen LogP contribution in [0.4, 0.5) is 5.13 Å². The Bertz CT molecular complexity index is 1690. The van der Waals surface area contributed by atoms with Gasteiger partial charge in [0.15, 0.2) is 22.3 Å². The van der Waals surface area contributed by atoms with E-state index in [-0.39, 0.29) is 58.0 Å². The fraction of sp³-hybridized carbons (Fsp3) is 0.269. The van der Waals surface area contributed by atoms with E-state index >= 15 is 0 Å². The minimum Gasteiger partial charge on any atom is -0.478 e. The number of amides is 2. The average molecular weight is 678 g/mol. The zero-order chi connectivity index (χ0) is 33.7. The Kier molecular flexibility index (Phi) is 10.2. The SMILES string of the molecule is CC(=O)Oc1ccc(C(O/N=C(\C(=O)N[C@@H]2C(=O)N3C(C(=O)O)=C(COC=O)CS[C@H]23)c2csc(N)n2)C(=O)O)cc1OC(C)=O. The Morgan fingerprint density at radius 1 is 1.17 bits per heavy atom. The lowest BCUT2D eigenvalue weighted by atomic mass is 10.0. The average Bonchev–Trinajstić information content (AvgIpc) is 3.42. The van der Waals surface area contributed by atoms with Crippen molar-refractivity contribution in [3.05, 3.63) is 46.1 Å². The van der Waals surface area contributed by atoms with Crippen LogP contribution in [0.25, 0.3) is 0 Å². The van der Waals surface area contributed by atoms with Gasteiger partial charge in [-0.15, -0.1) is 23.1 Å². The number of ether oxygens (including phenoxy) is 3. The number of anilines is 1. The number of thiazole rings is 1. The van der Waals surface area contributed by atoms with Gasteiger partial charge in [0, 0.05) is 36.1 Å². The number of aromatic nitrogens is 1. The monoisotopic (exact) mass is 677 g/mol. The molecule has 1 aromatic heterocycles. The molecule has 4 rings (SSSR count). The summed E-state index contributed by atoms with van der Waals surface area (Å²) in [5.41, 5.74) is 4.69. The number of oxime groups is 1. The van der Waals surface area contributed by atoms with E-state index in [9.17, 15) is 43.8 Å². The minimum absolute atomic E-state index is 0.0207. The highest BCUT2D eigenvalue weighted by atomic mass is 32.2. The van der Waals surface area contributed by atoms with Gasteiger partial charge in [-0.05, 0) is 12.1 Å². The summed E-state index contributed by atoms with van der Waals surface area (Å²) in [6.07, 6.45) is -1.90. The Balaban J connectivity index is 1.61. The quantitative estimate of drug-likeness (QED) is 0.0544. The van der Waals surface area contributed by atoms with Crippen LogP contribution in [-0.2, 0) is 43.1 Å². The molecule has 1 saturated heterocycles. The molecule has 2 amide bonds. The number of carbonyl (C=O) groups is 7. The van der Waals surface area contributed by atoms with Crippen LogP contribution >= 0.6 is 23.1 Å². The van der Waals surface area contributed by atoms with Crippen LogP contribution in [0.5, 0.6) is 11.5 Å². The van der Waals surface area contributed by atoms with E-state index in [1.807, 2.05) is 0 Å². The number of esters is 2.